The molecule has 0 bridgehead atoms. The zero-order chi connectivity index (χ0) is 12.1. The van der Waals surface area contributed by atoms with Crippen LogP contribution in [0.3, 0.4) is 0 Å². The van der Waals surface area contributed by atoms with Crippen LogP contribution in [-0.2, 0) is 18.0 Å². The Morgan fingerprint density at radius 1 is 1.28 bits per heavy atom. The molecule has 1 aromatic carbocycles. The largest absolute Gasteiger partial charge is 0.372 e. The van der Waals surface area contributed by atoms with E-state index in [0.29, 0.717) is 25.3 Å². The summed E-state index contributed by atoms with van der Waals surface area (Å²) in [5.74, 6) is -0.0161. The molecular formula is C13H19ClN2O2. The highest BCUT2D eigenvalue weighted by Crippen LogP contribution is 2.20. The second-order valence-electron chi connectivity index (χ2n) is 4.09. The van der Waals surface area contributed by atoms with Gasteiger partial charge in [-0.3, -0.25) is 4.79 Å². The fraction of sp³-hybridized carbons (Fsp3) is 0.462. The first-order valence-corrected chi connectivity index (χ1v) is 5.99. The Balaban J connectivity index is 0.00000162. The molecule has 1 aromatic rings. The molecule has 0 atom stereocenters. The Morgan fingerprint density at radius 2 is 2.06 bits per heavy atom. The van der Waals surface area contributed by atoms with E-state index in [1.807, 2.05) is 25.1 Å². The van der Waals surface area contributed by atoms with Gasteiger partial charge in [-0.25, -0.2) is 0 Å². The minimum absolute atomic E-state index is 0. The number of fused-ring (bicyclic) bond motifs is 1. The summed E-state index contributed by atoms with van der Waals surface area (Å²) in [4.78, 5) is 11.8. The van der Waals surface area contributed by atoms with Crippen molar-refractivity contribution >= 4 is 18.3 Å². The molecule has 1 heterocycles. The Hall–Kier alpha value is -1.10. The minimum atomic E-state index is -0.0161. The zero-order valence-electron chi connectivity index (χ0n) is 10.5. The van der Waals surface area contributed by atoms with Crippen LogP contribution in [0, 0.1) is 0 Å². The van der Waals surface area contributed by atoms with Gasteiger partial charge in [0, 0.05) is 18.7 Å². The third-order valence-electron chi connectivity index (χ3n) is 2.82. The molecule has 5 heteroatoms. The third-order valence-corrected chi connectivity index (χ3v) is 2.82. The average molecular weight is 271 g/mol. The molecule has 0 radical (unpaired) electrons. The molecule has 18 heavy (non-hydrogen) atoms. The van der Waals surface area contributed by atoms with Crippen LogP contribution in [0.1, 0.15) is 28.4 Å². The van der Waals surface area contributed by atoms with Gasteiger partial charge in [0.05, 0.1) is 13.2 Å². The molecule has 2 rings (SSSR count). The average Bonchev–Trinajstić information content (AvgIpc) is 2.81. The Kier molecular flexibility index (Phi) is 6.12. The molecule has 1 aliphatic rings. The first-order valence-electron chi connectivity index (χ1n) is 5.99. The van der Waals surface area contributed by atoms with Crippen LogP contribution in [0.2, 0.25) is 0 Å². The van der Waals surface area contributed by atoms with Gasteiger partial charge in [0.2, 0.25) is 0 Å². The summed E-state index contributed by atoms with van der Waals surface area (Å²) in [6.07, 6.45) is 0. The van der Waals surface area contributed by atoms with E-state index in [4.69, 9.17) is 4.74 Å². The number of ether oxygens (including phenoxy) is 1. The van der Waals surface area contributed by atoms with E-state index in [9.17, 15) is 4.79 Å². The highest BCUT2D eigenvalue weighted by Gasteiger charge is 2.13. The molecule has 100 valence electrons. The lowest BCUT2D eigenvalue weighted by atomic mass is 10.1. The fourth-order valence-corrected chi connectivity index (χ4v) is 1.86. The molecule has 0 aliphatic carbocycles. The van der Waals surface area contributed by atoms with Crippen molar-refractivity contribution in [2.24, 2.45) is 0 Å². The number of hydrogen-bond acceptors (Lipinski definition) is 3. The van der Waals surface area contributed by atoms with Gasteiger partial charge >= 0.3 is 0 Å². The van der Waals surface area contributed by atoms with E-state index >= 15 is 0 Å². The summed E-state index contributed by atoms with van der Waals surface area (Å²) in [7, 11) is 0. The van der Waals surface area contributed by atoms with Crippen LogP contribution >= 0.6 is 12.4 Å². The molecule has 0 fully saturated rings. The van der Waals surface area contributed by atoms with Gasteiger partial charge in [0.15, 0.2) is 0 Å². The normalized spacial score (nSPS) is 12.7. The van der Waals surface area contributed by atoms with Crippen molar-refractivity contribution < 1.29 is 9.53 Å². The standard InChI is InChI=1S/C13H18N2O2.ClH/c1-2-14-5-6-15-13(16)10-3-4-11-8-17-9-12(11)7-10;/h3-4,7,14H,2,5-6,8-9H2,1H3,(H,15,16);1H. The second kappa shape index (κ2) is 7.36. The SMILES string of the molecule is CCNCCNC(=O)c1ccc2c(c1)COC2.Cl. The lowest BCUT2D eigenvalue weighted by Gasteiger charge is -2.06. The summed E-state index contributed by atoms with van der Waals surface area (Å²) in [6, 6.07) is 5.75. The van der Waals surface area contributed by atoms with E-state index in [0.717, 1.165) is 18.7 Å². The predicted molar refractivity (Wildman–Crippen MR) is 73.1 cm³/mol. The van der Waals surface area contributed by atoms with Crippen molar-refractivity contribution in [3.63, 3.8) is 0 Å². The monoisotopic (exact) mass is 270 g/mol. The lowest BCUT2D eigenvalue weighted by Crippen LogP contribution is -2.31. The first kappa shape index (κ1) is 15.0. The molecule has 1 aliphatic heterocycles. The summed E-state index contributed by atoms with van der Waals surface area (Å²) in [5, 5.41) is 6.04. The van der Waals surface area contributed by atoms with Gasteiger partial charge in [0.25, 0.3) is 5.91 Å². The highest BCUT2D eigenvalue weighted by molar-refractivity contribution is 5.94. The number of nitrogens with one attached hydrogen (secondary N) is 2. The van der Waals surface area contributed by atoms with E-state index in [2.05, 4.69) is 10.6 Å². The topological polar surface area (TPSA) is 50.4 Å². The predicted octanol–water partition coefficient (Wildman–Crippen LogP) is 1.48. The maximum atomic E-state index is 11.8. The molecular weight excluding hydrogens is 252 g/mol. The molecule has 0 aromatic heterocycles. The molecule has 2 N–H and O–H groups in total. The second-order valence-corrected chi connectivity index (χ2v) is 4.09. The van der Waals surface area contributed by atoms with Gasteiger partial charge in [-0.15, -0.1) is 12.4 Å². The van der Waals surface area contributed by atoms with Crippen LogP contribution in [0.5, 0.6) is 0 Å². The highest BCUT2D eigenvalue weighted by atomic mass is 35.5. The maximum Gasteiger partial charge on any atom is 0.251 e. The van der Waals surface area contributed by atoms with Crippen molar-refractivity contribution in [3.05, 3.63) is 34.9 Å². The summed E-state index contributed by atoms with van der Waals surface area (Å²) in [5.41, 5.74) is 3.03. The van der Waals surface area contributed by atoms with Crippen molar-refractivity contribution in [1.29, 1.82) is 0 Å². The van der Waals surface area contributed by atoms with Crippen LogP contribution < -0.4 is 10.6 Å². The number of amides is 1. The number of likely N-dealkylation sites (N-methyl/N-ethyl adjacent to an activating group) is 1. The van der Waals surface area contributed by atoms with Gasteiger partial charge < -0.3 is 15.4 Å². The van der Waals surface area contributed by atoms with Gasteiger partial charge in [-0.05, 0) is 29.8 Å². The number of carbonyl (C=O) groups excluding carboxylic acids is 1. The van der Waals surface area contributed by atoms with Crippen LogP contribution in [0.15, 0.2) is 18.2 Å². The number of halogens is 1. The Morgan fingerprint density at radius 3 is 2.83 bits per heavy atom. The fourth-order valence-electron chi connectivity index (χ4n) is 1.86. The van der Waals surface area contributed by atoms with Crippen LogP contribution in [-0.4, -0.2) is 25.5 Å². The minimum Gasteiger partial charge on any atom is -0.372 e. The quantitative estimate of drug-likeness (QED) is 0.797. The van der Waals surface area contributed by atoms with E-state index in [-0.39, 0.29) is 18.3 Å². The molecule has 0 spiro atoms. The van der Waals surface area contributed by atoms with Gasteiger partial charge in [0.1, 0.15) is 0 Å². The first-order chi connectivity index (χ1) is 8.31. The number of rotatable bonds is 5. The Bertz CT molecular complexity index is 410. The summed E-state index contributed by atoms with van der Waals surface area (Å²) >= 11 is 0. The third kappa shape index (κ3) is 3.70. The maximum absolute atomic E-state index is 11.8. The van der Waals surface area contributed by atoms with E-state index in [1.54, 1.807) is 0 Å². The number of hydrogen-bond donors (Lipinski definition) is 2. The molecule has 1 amide bonds. The smallest absolute Gasteiger partial charge is 0.251 e. The number of benzene rings is 1. The van der Waals surface area contributed by atoms with Crippen LogP contribution in [0.25, 0.3) is 0 Å². The number of carbonyl (C=O) groups is 1. The van der Waals surface area contributed by atoms with Crippen molar-refractivity contribution in [1.82, 2.24) is 10.6 Å². The Labute approximate surface area is 114 Å². The van der Waals surface area contributed by atoms with Gasteiger partial charge in [-0.2, -0.15) is 0 Å². The van der Waals surface area contributed by atoms with Crippen molar-refractivity contribution in [2.45, 2.75) is 20.1 Å². The van der Waals surface area contributed by atoms with E-state index < -0.39 is 0 Å². The van der Waals surface area contributed by atoms with E-state index in [1.165, 1.54) is 5.56 Å². The van der Waals surface area contributed by atoms with Gasteiger partial charge in [-0.1, -0.05) is 13.0 Å². The van der Waals surface area contributed by atoms with Crippen LogP contribution in [0.4, 0.5) is 0 Å². The van der Waals surface area contributed by atoms with Crippen molar-refractivity contribution in [3.8, 4) is 0 Å². The lowest BCUT2D eigenvalue weighted by molar-refractivity contribution is 0.0954. The molecule has 0 saturated carbocycles. The summed E-state index contributed by atoms with van der Waals surface area (Å²) < 4.78 is 5.32. The molecule has 0 saturated heterocycles. The zero-order valence-corrected chi connectivity index (χ0v) is 11.3. The summed E-state index contributed by atoms with van der Waals surface area (Å²) in [6.45, 7) is 5.70. The molecule has 0 unspecified atom stereocenters. The molecule has 4 nitrogen and oxygen atoms in total. The van der Waals surface area contributed by atoms with Crippen molar-refractivity contribution in [2.75, 3.05) is 19.6 Å².